The number of rotatable bonds is 2. The highest BCUT2D eigenvalue weighted by atomic mass is 79.9. The summed E-state index contributed by atoms with van der Waals surface area (Å²) in [5.74, 6) is -0.974. The van der Waals surface area contributed by atoms with E-state index in [1.54, 1.807) is 30.3 Å². The number of benzene rings is 1. The van der Waals surface area contributed by atoms with Crippen molar-refractivity contribution < 1.29 is 9.18 Å². The van der Waals surface area contributed by atoms with Crippen molar-refractivity contribution in [2.75, 3.05) is 0 Å². The third kappa shape index (κ3) is 2.02. The molecule has 0 unspecified atom stereocenters. The summed E-state index contributed by atoms with van der Waals surface area (Å²) in [7, 11) is 0. The van der Waals surface area contributed by atoms with Gasteiger partial charge >= 0.3 is 0 Å². The highest BCUT2D eigenvalue weighted by Gasteiger charge is 2.16. The van der Waals surface area contributed by atoms with Crippen molar-refractivity contribution in [2.24, 2.45) is 0 Å². The summed E-state index contributed by atoms with van der Waals surface area (Å²) in [4.78, 5) is 15.8. The quantitative estimate of drug-likeness (QED) is 0.790. The monoisotopic (exact) mass is 279 g/mol. The zero-order valence-electron chi connectivity index (χ0n) is 8.15. The van der Waals surface area contributed by atoms with E-state index in [1.165, 1.54) is 12.3 Å². The first-order valence-corrected chi connectivity index (χ1v) is 5.39. The molecule has 0 amide bonds. The third-order valence-electron chi connectivity index (χ3n) is 2.09. The Morgan fingerprint density at radius 2 is 2.00 bits per heavy atom. The van der Waals surface area contributed by atoms with Crippen LogP contribution in [0.2, 0.25) is 0 Å². The van der Waals surface area contributed by atoms with Crippen molar-refractivity contribution in [1.29, 1.82) is 0 Å². The summed E-state index contributed by atoms with van der Waals surface area (Å²) in [5.41, 5.74) is 0.257. The molecule has 80 valence electrons. The van der Waals surface area contributed by atoms with Crippen LogP contribution < -0.4 is 0 Å². The second kappa shape index (κ2) is 4.53. The number of pyridine rings is 1. The van der Waals surface area contributed by atoms with Gasteiger partial charge in [-0.3, -0.25) is 9.78 Å². The summed E-state index contributed by atoms with van der Waals surface area (Å²) in [6.45, 7) is 0. The maximum Gasteiger partial charge on any atom is 0.214 e. The lowest BCUT2D eigenvalue weighted by atomic mass is 10.1. The number of aromatic nitrogens is 1. The number of carbonyl (C=O) groups is 1. The molecular formula is C12H7BrFNO. The van der Waals surface area contributed by atoms with Gasteiger partial charge in [0, 0.05) is 6.20 Å². The number of halogens is 2. The summed E-state index contributed by atoms with van der Waals surface area (Å²) in [6.07, 6.45) is 1.50. The Balaban J connectivity index is 2.46. The summed E-state index contributed by atoms with van der Waals surface area (Å²) < 4.78 is 13.9. The average molecular weight is 280 g/mol. The van der Waals surface area contributed by atoms with Crippen LogP contribution in [0.3, 0.4) is 0 Å². The van der Waals surface area contributed by atoms with Crippen LogP contribution in [0.15, 0.2) is 47.1 Å². The third-order valence-corrected chi connectivity index (χ3v) is 2.71. The first-order chi connectivity index (χ1) is 7.70. The van der Waals surface area contributed by atoms with Crippen LogP contribution in [0.5, 0.6) is 0 Å². The highest BCUT2D eigenvalue weighted by molar-refractivity contribution is 9.10. The molecule has 0 N–H and O–H groups in total. The van der Waals surface area contributed by atoms with Crippen LogP contribution in [0.1, 0.15) is 16.1 Å². The van der Waals surface area contributed by atoms with Gasteiger partial charge in [-0.1, -0.05) is 12.1 Å². The van der Waals surface area contributed by atoms with Crippen molar-refractivity contribution in [3.05, 3.63) is 64.1 Å². The van der Waals surface area contributed by atoms with Gasteiger partial charge in [0.25, 0.3) is 0 Å². The largest absolute Gasteiger partial charge is 0.287 e. The van der Waals surface area contributed by atoms with Crippen LogP contribution in [0, 0.1) is 5.82 Å². The van der Waals surface area contributed by atoms with E-state index < -0.39 is 11.6 Å². The Kier molecular flexibility index (Phi) is 3.10. The van der Waals surface area contributed by atoms with Gasteiger partial charge in [0.1, 0.15) is 11.5 Å². The SMILES string of the molecule is O=C(c1ccccn1)c1cccc(Br)c1F. The fourth-order valence-electron chi connectivity index (χ4n) is 1.31. The van der Waals surface area contributed by atoms with Crippen molar-refractivity contribution in [3.63, 3.8) is 0 Å². The van der Waals surface area contributed by atoms with E-state index in [4.69, 9.17) is 0 Å². The van der Waals surface area contributed by atoms with Crippen LogP contribution in [-0.4, -0.2) is 10.8 Å². The Hall–Kier alpha value is -1.55. The standard InChI is InChI=1S/C12H7BrFNO/c13-9-5-3-4-8(11(9)14)12(16)10-6-1-2-7-15-10/h1-7H. The first kappa shape index (κ1) is 11.0. The highest BCUT2D eigenvalue weighted by Crippen LogP contribution is 2.20. The average Bonchev–Trinajstić information content (AvgIpc) is 2.33. The Morgan fingerprint density at radius 3 is 2.69 bits per heavy atom. The zero-order valence-corrected chi connectivity index (χ0v) is 9.74. The lowest BCUT2D eigenvalue weighted by Gasteiger charge is -2.02. The molecular weight excluding hydrogens is 273 g/mol. The number of hydrogen-bond acceptors (Lipinski definition) is 2. The predicted molar refractivity (Wildman–Crippen MR) is 61.8 cm³/mol. The van der Waals surface area contributed by atoms with Gasteiger partial charge < -0.3 is 0 Å². The molecule has 0 saturated carbocycles. The molecule has 0 saturated heterocycles. The van der Waals surface area contributed by atoms with Crippen molar-refractivity contribution >= 4 is 21.7 Å². The predicted octanol–water partition coefficient (Wildman–Crippen LogP) is 3.21. The van der Waals surface area contributed by atoms with E-state index >= 15 is 0 Å². The van der Waals surface area contributed by atoms with Crippen LogP contribution >= 0.6 is 15.9 Å². The minimum Gasteiger partial charge on any atom is -0.287 e. The molecule has 0 aliphatic rings. The van der Waals surface area contributed by atoms with Gasteiger partial charge in [0.2, 0.25) is 5.78 Å². The molecule has 0 aliphatic carbocycles. The Labute approximate surface area is 100 Å². The molecule has 0 aliphatic heterocycles. The van der Waals surface area contributed by atoms with E-state index in [1.807, 2.05) is 0 Å². The van der Waals surface area contributed by atoms with Crippen LogP contribution in [-0.2, 0) is 0 Å². The molecule has 1 aromatic heterocycles. The van der Waals surface area contributed by atoms with Crippen molar-refractivity contribution in [3.8, 4) is 0 Å². The summed E-state index contributed by atoms with van der Waals surface area (Å²) in [5, 5.41) is 0. The fourth-order valence-corrected chi connectivity index (χ4v) is 1.68. The second-order valence-corrected chi connectivity index (χ2v) is 4.00. The number of carbonyl (C=O) groups excluding carboxylic acids is 1. The maximum absolute atomic E-state index is 13.6. The van der Waals surface area contributed by atoms with E-state index in [2.05, 4.69) is 20.9 Å². The normalized spacial score (nSPS) is 10.1. The number of hydrogen-bond donors (Lipinski definition) is 0. The van der Waals surface area contributed by atoms with Gasteiger partial charge in [0.15, 0.2) is 0 Å². The van der Waals surface area contributed by atoms with Gasteiger partial charge in [0.05, 0.1) is 10.0 Å². The molecule has 0 atom stereocenters. The molecule has 0 radical (unpaired) electrons. The van der Waals surface area contributed by atoms with Gasteiger partial charge in [-0.25, -0.2) is 4.39 Å². The molecule has 16 heavy (non-hydrogen) atoms. The van der Waals surface area contributed by atoms with E-state index in [0.29, 0.717) is 0 Å². The minimum atomic E-state index is -0.557. The number of ketones is 1. The Bertz CT molecular complexity index is 528. The topological polar surface area (TPSA) is 30.0 Å². The molecule has 0 fully saturated rings. The summed E-state index contributed by atoms with van der Waals surface area (Å²) in [6, 6.07) is 9.55. The number of nitrogens with zero attached hydrogens (tertiary/aromatic N) is 1. The molecule has 4 heteroatoms. The van der Waals surface area contributed by atoms with E-state index in [9.17, 15) is 9.18 Å². The van der Waals surface area contributed by atoms with E-state index in [0.717, 1.165) is 0 Å². The van der Waals surface area contributed by atoms with Crippen molar-refractivity contribution in [1.82, 2.24) is 4.98 Å². The molecule has 2 nitrogen and oxygen atoms in total. The Morgan fingerprint density at radius 1 is 1.19 bits per heavy atom. The maximum atomic E-state index is 13.6. The van der Waals surface area contributed by atoms with Gasteiger partial charge in [-0.2, -0.15) is 0 Å². The molecule has 2 rings (SSSR count). The lowest BCUT2D eigenvalue weighted by molar-refractivity contribution is 0.103. The second-order valence-electron chi connectivity index (χ2n) is 3.15. The van der Waals surface area contributed by atoms with Crippen LogP contribution in [0.4, 0.5) is 4.39 Å². The molecule has 1 heterocycles. The zero-order chi connectivity index (χ0) is 11.5. The van der Waals surface area contributed by atoms with Gasteiger partial charge in [-0.15, -0.1) is 0 Å². The fraction of sp³-hybridized carbons (Fsp3) is 0. The lowest BCUT2D eigenvalue weighted by Crippen LogP contribution is -2.06. The smallest absolute Gasteiger partial charge is 0.214 e. The molecule has 2 aromatic rings. The molecule has 0 bridgehead atoms. The molecule has 0 spiro atoms. The first-order valence-electron chi connectivity index (χ1n) is 4.60. The van der Waals surface area contributed by atoms with Gasteiger partial charge in [-0.05, 0) is 40.2 Å². The molecule has 1 aromatic carbocycles. The summed E-state index contributed by atoms with van der Waals surface area (Å²) >= 11 is 3.04. The van der Waals surface area contributed by atoms with Crippen molar-refractivity contribution in [2.45, 2.75) is 0 Å². The minimum absolute atomic E-state index is 0.0214. The van der Waals surface area contributed by atoms with E-state index in [-0.39, 0.29) is 15.7 Å². The van der Waals surface area contributed by atoms with Crippen LogP contribution in [0.25, 0.3) is 0 Å².